The maximum absolute atomic E-state index is 5.63. The SMILES string of the molecule is CC1CCCN(c2cccc(CN)n2)C1C. The normalized spacial score (nSPS) is 25.8. The lowest BCUT2D eigenvalue weighted by Gasteiger charge is -2.38. The molecular weight excluding hydrogens is 198 g/mol. The molecule has 2 rings (SSSR count). The Bertz CT molecular complexity index is 351. The predicted octanol–water partition coefficient (Wildman–Crippen LogP) is 2.17. The van der Waals surface area contributed by atoms with Gasteiger partial charge in [0.25, 0.3) is 0 Å². The quantitative estimate of drug-likeness (QED) is 0.829. The summed E-state index contributed by atoms with van der Waals surface area (Å²) in [7, 11) is 0. The van der Waals surface area contributed by atoms with E-state index in [0.717, 1.165) is 24.0 Å². The number of anilines is 1. The van der Waals surface area contributed by atoms with Crippen LogP contribution in [0.3, 0.4) is 0 Å². The molecule has 2 unspecified atom stereocenters. The molecule has 0 spiro atoms. The van der Waals surface area contributed by atoms with E-state index in [1.165, 1.54) is 12.8 Å². The molecule has 1 aromatic heterocycles. The summed E-state index contributed by atoms with van der Waals surface area (Å²) in [5.41, 5.74) is 6.60. The largest absolute Gasteiger partial charge is 0.354 e. The zero-order valence-corrected chi connectivity index (χ0v) is 10.2. The number of rotatable bonds is 2. The topological polar surface area (TPSA) is 42.1 Å². The van der Waals surface area contributed by atoms with Gasteiger partial charge in [0.15, 0.2) is 0 Å². The molecule has 0 radical (unpaired) electrons. The van der Waals surface area contributed by atoms with Crippen molar-refractivity contribution in [2.75, 3.05) is 11.4 Å². The molecule has 0 saturated carbocycles. The smallest absolute Gasteiger partial charge is 0.129 e. The van der Waals surface area contributed by atoms with Crippen molar-refractivity contribution in [3.05, 3.63) is 23.9 Å². The Kier molecular flexibility index (Phi) is 3.44. The maximum Gasteiger partial charge on any atom is 0.129 e. The molecule has 3 heteroatoms. The number of hydrogen-bond donors (Lipinski definition) is 1. The summed E-state index contributed by atoms with van der Waals surface area (Å²) in [5.74, 6) is 1.83. The van der Waals surface area contributed by atoms with E-state index in [2.05, 4.69) is 35.9 Å². The Balaban J connectivity index is 2.21. The molecule has 88 valence electrons. The summed E-state index contributed by atoms with van der Waals surface area (Å²) in [6, 6.07) is 6.71. The Morgan fingerprint density at radius 1 is 1.44 bits per heavy atom. The molecule has 1 aromatic rings. The molecule has 1 saturated heterocycles. The number of hydrogen-bond acceptors (Lipinski definition) is 3. The van der Waals surface area contributed by atoms with Crippen LogP contribution in [0, 0.1) is 5.92 Å². The zero-order valence-electron chi connectivity index (χ0n) is 10.2. The van der Waals surface area contributed by atoms with Crippen molar-refractivity contribution in [3.63, 3.8) is 0 Å². The van der Waals surface area contributed by atoms with Crippen LogP contribution in [-0.2, 0) is 6.54 Å². The first-order valence-corrected chi connectivity index (χ1v) is 6.15. The van der Waals surface area contributed by atoms with Gasteiger partial charge in [0.05, 0.1) is 5.69 Å². The van der Waals surface area contributed by atoms with Crippen LogP contribution < -0.4 is 10.6 Å². The van der Waals surface area contributed by atoms with Gasteiger partial charge in [-0.1, -0.05) is 13.0 Å². The third kappa shape index (κ3) is 2.19. The number of aromatic nitrogens is 1. The van der Waals surface area contributed by atoms with Crippen LogP contribution in [0.2, 0.25) is 0 Å². The first-order chi connectivity index (χ1) is 7.72. The minimum Gasteiger partial charge on any atom is -0.354 e. The Hall–Kier alpha value is -1.09. The minimum atomic E-state index is 0.519. The Morgan fingerprint density at radius 2 is 2.25 bits per heavy atom. The van der Waals surface area contributed by atoms with Crippen LogP contribution in [0.4, 0.5) is 5.82 Å². The second-order valence-corrected chi connectivity index (χ2v) is 4.74. The Morgan fingerprint density at radius 3 is 3.00 bits per heavy atom. The molecule has 1 fully saturated rings. The average Bonchev–Trinajstić information content (AvgIpc) is 2.33. The molecule has 1 aliphatic rings. The van der Waals surface area contributed by atoms with E-state index in [0.29, 0.717) is 12.6 Å². The van der Waals surface area contributed by atoms with Crippen molar-refractivity contribution in [2.45, 2.75) is 39.3 Å². The lowest BCUT2D eigenvalue weighted by atomic mass is 9.92. The molecule has 0 bridgehead atoms. The van der Waals surface area contributed by atoms with Gasteiger partial charge in [-0.05, 0) is 37.8 Å². The van der Waals surface area contributed by atoms with Crippen LogP contribution in [0.25, 0.3) is 0 Å². The van der Waals surface area contributed by atoms with Crippen LogP contribution in [0.1, 0.15) is 32.4 Å². The number of nitrogens with zero attached hydrogens (tertiary/aromatic N) is 2. The summed E-state index contributed by atoms with van der Waals surface area (Å²) in [4.78, 5) is 7.01. The number of nitrogens with two attached hydrogens (primary N) is 1. The fraction of sp³-hybridized carbons (Fsp3) is 0.615. The summed E-state index contributed by atoms with van der Waals surface area (Å²) >= 11 is 0. The molecule has 16 heavy (non-hydrogen) atoms. The standard InChI is InChI=1S/C13H21N3/c1-10-5-4-8-16(11(10)2)13-7-3-6-12(9-14)15-13/h3,6-7,10-11H,4-5,8-9,14H2,1-2H3. The lowest BCUT2D eigenvalue weighted by molar-refractivity contribution is 0.361. The number of pyridine rings is 1. The zero-order chi connectivity index (χ0) is 11.5. The first-order valence-electron chi connectivity index (χ1n) is 6.15. The summed E-state index contributed by atoms with van der Waals surface area (Å²) in [6.07, 6.45) is 2.59. The second-order valence-electron chi connectivity index (χ2n) is 4.74. The van der Waals surface area contributed by atoms with Crippen molar-refractivity contribution in [1.29, 1.82) is 0 Å². The highest BCUT2D eigenvalue weighted by Crippen LogP contribution is 2.27. The van der Waals surface area contributed by atoms with Gasteiger partial charge in [-0.3, -0.25) is 0 Å². The van der Waals surface area contributed by atoms with Crippen molar-refractivity contribution in [3.8, 4) is 0 Å². The van der Waals surface area contributed by atoms with Crippen LogP contribution in [0.15, 0.2) is 18.2 Å². The highest BCUT2D eigenvalue weighted by atomic mass is 15.2. The maximum atomic E-state index is 5.63. The average molecular weight is 219 g/mol. The fourth-order valence-corrected chi connectivity index (χ4v) is 2.40. The summed E-state index contributed by atoms with van der Waals surface area (Å²) in [5, 5.41) is 0. The van der Waals surface area contributed by atoms with E-state index in [-0.39, 0.29) is 0 Å². The van der Waals surface area contributed by atoms with Crippen LogP contribution in [0.5, 0.6) is 0 Å². The van der Waals surface area contributed by atoms with E-state index in [4.69, 9.17) is 5.73 Å². The van der Waals surface area contributed by atoms with Gasteiger partial charge in [0.1, 0.15) is 5.82 Å². The molecule has 2 heterocycles. The van der Waals surface area contributed by atoms with Gasteiger partial charge in [-0.2, -0.15) is 0 Å². The third-order valence-corrected chi connectivity index (χ3v) is 3.67. The molecule has 2 atom stereocenters. The molecule has 0 amide bonds. The van der Waals surface area contributed by atoms with Crippen molar-refractivity contribution in [2.24, 2.45) is 11.7 Å². The lowest BCUT2D eigenvalue weighted by Crippen LogP contribution is -2.43. The van der Waals surface area contributed by atoms with E-state index in [9.17, 15) is 0 Å². The van der Waals surface area contributed by atoms with Crippen LogP contribution in [-0.4, -0.2) is 17.6 Å². The van der Waals surface area contributed by atoms with Gasteiger partial charge in [-0.15, -0.1) is 0 Å². The van der Waals surface area contributed by atoms with Gasteiger partial charge < -0.3 is 10.6 Å². The summed E-state index contributed by atoms with van der Waals surface area (Å²) in [6.45, 7) is 6.25. The number of piperidine rings is 1. The van der Waals surface area contributed by atoms with E-state index < -0.39 is 0 Å². The highest BCUT2D eigenvalue weighted by molar-refractivity contribution is 5.41. The second kappa shape index (κ2) is 4.83. The monoisotopic (exact) mass is 219 g/mol. The van der Waals surface area contributed by atoms with E-state index in [1.54, 1.807) is 0 Å². The highest BCUT2D eigenvalue weighted by Gasteiger charge is 2.25. The van der Waals surface area contributed by atoms with E-state index in [1.807, 2.05) is 6.07 Å². The fourth-order valence-electron chi connectivity index (χ4n) is 2.40. The van der Waals surface area contributed by atoms with Gasteiger partial charge in [0.2, 0.25) is 0 Å². The molecule has 3 nitrogen and oxygen atoms in total. The third-order valence-electron chi connectivity index (χ3n) is 3.67. The predicted molar refractivity (Wildman–Crippen MR) is 67.3 cm³/mol. The first kappa shape index (κ1) is 11.4. The van der Waals surface area contributed by atoms with Crippen LogP contribution >= 0.6 is 0 Å². The Labute approximate surface area is 97.7 Å². The molecule has 1 aliphatic heterocycles. The summed E-state index contributed by atoms with van der Waals surface area (Å²) < 4.78 is 0. The van der Waals surface area contributed by atoms with Gasteiger partial charge >= 0.3 is 0 Å². The molecule has 2 N–H and O–H groups in total. The van der Waals surface area contributed by atoms with Gasteiger partial charge in [-0.25, -0.2) is 4.98 Å². The molecular formula is C13H21N3. The molecule has 0 aliphatic carbocycles. The van der Waals surface area contributed by atoms with Crippen molar-refractivity contribution in [1.82, 2.24) is 4.98 Å². The van der Waals surface area contributed by atoms with E-state index >= 15 is 0 Å². The van der Waals surface area contributed by atoms with Gasteiger partial charge in [0, 0.05) is 19.1 Å². The van der Waals surface area contributed by atoms with Crippen molar-refractivity contribution < 1.29 is 0 Å². The minimum absolute atomic E-state index is 0.519. The molecule has 0 aromatic carbocycles. The van der Waals surface area contributed by atoms with Crippen molar-refractivity contribution >= 4 is 5.82 Å².